The first kappa shape index (κ1) is 14.3. The number of amides is 1. The summed E-state index contributed by atoms with van der Waals surface area (Å²) in [6.07, 6.45) is -0.361. The number of hydrogen-bond acceptors (Lipinski definition) is 4. The van der Waals surface area contributed by atoms with E-state index in [0.29, 0.717) is 13.1 Å². The largest absolute Gasteiger partial charge is 0.444 e. The van der Waals surface area contributed by atoms with Crippen LogP contribution < -0.4 is 5.73 Å². The summed E-state index contributed by atoms with van der Waals surface area (Å²) in [5.74, 6) is -0.116. The summed E-state index contributed by atoms with van der Waals surface area (Å²) in [5.41, 5.74) is 4.56. The first-order chi connectivity index (χ1) is 7.50. The fourth-order valence-corrected chi connectivity index (χ4v) is 2.05. The Bertz CT molecular complexity index is 291. The summed E-state index contributed by atoms with van der Waals surface area (Å²) in [5, 5.41) is 9.96. The third kappa shape index (κ3) is 3.85. The molecular formula is C12H24N2O3. The Morgan fingerprint density at radius 3 is 2.18 bits per heavy atom. The van der Waals surface area contributed by atoms with E-state index in [1.807, 2.05) is 20.8 Å². The number of rotatable bonds is 1. The number of ether oxygens (including phenoxy) is 1. The summed E-state index contributed by atoms with van der Waals surface area (Å²) in [4.78, 5) is 13.4. The molecule has 1 fully saturated rings. The number of carbonyl (C=O) groups is 1. The second-order valence-electron chi connectivity index (χ2n) is 6.31. The number of carbonyl (C=O) groups excluding carboxylic acids is 1. The maximum Gasteiger partial charge on any atom is 0.410 e. The summed E-state index contributed by atoms with van der Waals surface area (Å²) in [6, 6.07) is -0.206. The second-order valence-corrected chi connectivity index (χ2v) is 6.31. The molecule has 3 N–H and O–H groups in total. The molecule has 17 heavy (non-hydrogen) atoms. The molecule has 0 aromatic rings. The zero-order chi connectivity index (χ0) is 13.4. The van der Waals surface area contributed by atoms with E-state index < -0.39 is 11.2 Å². The van der Waals surface area contributed by atoms with E-state index in [1.54, 1.807) is 18.7 Å². The summed E-state index contributed by atoms with van der Waals surface area (Å²) < 4.78 is 5.28. The molecule has 0 bridgehead atoms. The van der Waals surface area contributed by atoms with E-state index >= 15 is 0 Å². The van der Waals surface area contributed by atoms with Crippen molar-refractivity contribution in [2.24, 2.45) is 11.7 Å². The average Bonchev–Trinajstić information content (AvgIpc) is 2.42. The number of nitrogens with two attached hydrogens (primary N) is 1. The van der Waals surface area contributed by atoms with Crippen LogP contribution >= 0.6 is 0 Å². The number of likely N-dealkylation sites (tertiary alicyclic amines) is 1. The van der Waals surface area contributed by atoms with Gasteiger partial charge in [0.25, 0.3) is 0 Å². The third-order valence-corrected chi connectivity index (χ3v) is 2.92. The maximum absolute atomic E-state index is 11.8. The topological polar surface area (TPSA) is 75.8 Å². The van der Waals surface area contributed by atoms with Crippen LogP contribution in [0.15, 0.2) is 0 Å². The van der Waals surface area contributed by atoms with Gasteiger partial charge < -0.3 is 20.5 Å². The van der Waals surface area contributed by atoms with Crippen molar-refractivity contribution in [1.82, 2.24) is 4.90 Å². The molecule has 2 unspecified atom stereocenters. The van der Waals surface area contributed by atoms with Crippen molar-refractivity contribution in [3.05, 3.63) is 0 Å². The zero-order valence-corrected chi connectivity index (χ0v) is 11.4. The highest BCUT2D eigenvalue weighted by Crippen LogP contribution is 2.27. The van der Waals surface area contributed by atoms with Gasteiger partial charge in [-0.1, -0.05) is 0 Å². The normalized spacial score (nSPS) is 26.2. The molecule has 1 saturated heterocycles. The molecule has 0 radical (unpaired) electrons. The first-order valence-electron chi connectivity index (χ1n) is 5.96. The van der Waals surface area contributed by atoms with Gasteiger partial charge >= 0.3 is 6.09 Å². The van der Waals surface area contributed by atoms with Crippen molar-refractivity contribution in [2.45, 2.75) is 51.9 Å². The third-order valence-electron chi connectivity index (χ3n) is 2.92. The van der Waals surface area contributed by atoms with Crippen LogP contribution in [0, 0.1) is 5.92 Å². The second kappa shape index (κ2) is 4.46. The molecule has 2 atom stereocenters. The molecule has 0 aromatic carbocycles. The number of nitrogens with zero attached hydrogens (tertiary/aromatic N) is 1. The van der Waals surface area contributed by atoms with Gasteiger partial charge in [-0.3, -0.25) is 0 Å². The molecule has 0 aliphatic carbocycles. The Balaban J connectivity index is 2.63. The number of hydrogen-bond donors (Lipinski definition) is 2. The lowest BCUT2D eigenvalue weighted by atomic mass is 9.87. The van der Waals surface area contributed by atoms with Gasteiger partial charge in [0.15, 0.2) is 0 Å². The summed E-state index contributed by atoms with van der Waals surface area (Å²) in [6.45, 7) is 9.80. The molecular weight excluding hydrogens is 220 g/mol. The van der Waals surface area contributed by atoms with Gasteiger partial charge in [0.2, 0.25) is 0 Å². The Hall–Kier alpha value is -0.810. The van der Waals surface area contributed by atoms with Gasteiger partial charge in [-0.2, -0.15) is 0 Å². The average molecular weight is 244 g/mol. The minimum absolute atomic E-state index is 0.116. The van der Waals surface area contributed by atoms with Crippen LogP contribution in [-0.4, -0.2) is 46.4 Å². The molecule has 0 spiro atoms. The lowest BCUT2D eigenvalue weighted by Crippen LogP contribution is -2.42. The van der Waals surface area contributed by atoms with Crippen molar-refractivity contribution in [1.29, 1.82) is 0 Å². The highest BCUT2D eigenvalue weighted by molar-refractivity contribution is 5.68. The summed E-state index contributed by atoms with van der Waals surface area (Å²) >= 11 is 0. The van der Waals surface area contributed by atoms with Gasteiger partial charge in [0.05, 0.1) is 5.60 Å². The van der Waals surface area contributed by atoms with Gasteiger partial charge in [0.1, 0.15) is 5.60 Å². The lowest BCUT2D eigenvalue weighted by Gasteiger charge is -2.28. The SMILES string of the molecule is CC(C)(C)OC(=O)N1CC(N)C(C(C)(C)O)C1. The molecule has 1 amide bonds. The van der Waals surface area contributed by atoms with Gasteiger partial charge in [-0.15, -0.1) is 0 Å². The monoisotopic (exact) mass is 244 g/mol. The highest BCUT2D eigenvalue weighted by Gasteiger charge is 2.42. The van der Waals surface area contributed by atoms with Crippen LogP contribution in [0.2, 0.25) is 0 Å². The molecule has 0 saturated carbocycles. The summed E-state index contributed by atoms with van der Waals surface area (Å²) in [7, 11) is 0. The van der Waals surface area contributed by atoms with Crippen LogP contribution in [0.1, 0.15) is 34.6 Å². The smallest absolute Gasteiger partial charge is 0.410 e. The minimum atomic E-state index is -0.879. The van der Waals surface area contributed by atoms with Crippen molar-refractivity contribution in [2.75, 3.05) is 13.1 Å². The quantitative estimate of drug-likeness (QED) is 0.720. The Kier molecular flexibility index (Phi) is 3.74. The van der Waals surface area contributed by atoms with Crippen LogP contribution in [0.25, 0.3) is 0 Å². The van der Waals surface area contributed by atoms with Gasteiger partial charge in [-0.05, 0) is 34.6 Å². The minimum Gasteiger partial charge on any atom is -0.444 e. The fourth-order valence-electron chi connectivity index (χ4n) is 2.05. The van der Waals surface area contributed by atoms with Crippen LogP contribution in [0.3, 0.4) is 0 Å². The standard InChI is InChI=1S/C12H24N2O3/c1-11(2,3)17-10(15)14-6-8(9(13)7-14)12(4,5)16/h8-9,16H,6-7,13H2,1-5H3. The lowest BCUT2D eigenvalue weighted by molar-refractivity contribution is 0.00899. The van der Waals surface area contributed by atoms with Crippen LogP contribution in [0.5, 0.6) is 0 Å². The fraction of sp³-hybridized carbons (Fsp3) is 0.917. The van der Waals surface area contributed by atoms with Crippen molar-refractivity contribution < 1.29 is 14.6 Å². The molecule has 100 valence electrons. The molecule has 0 aromatic heterocycles. The van der Waals surface area contributed by atoms with Crippen molar-refractivity contribution >= 4 is 6.09 Å². The predicted molar refractivity (Wildman–Crippen MR) is 65.6 cm³/mol. The Morgan fingerprint density at radius 2 is 1.82 bits per heavy atom. The molecule has 5 nitrogen and oxygen atoms in total. The molecule has 1 rings (SSSR count). The molecule has 5 heteroatoms. The van der Waals surface area contributed by atoms with E-state index in [9.17, 15) is 9.90 Å². The van der Waals surface area contributed by atoms with E-state index in [0.717, 1.165) is 0 Å². The van der Waals surface area contributed by atoms with E-state index in [4.69, 9.17) is 10.5 Å². The van der Waals surface area contributed by atoms with Crippen molar-refractivity contribution in [3.63, 3.8) is 0 Å². The van der Waals surface area contributed by atoms with E-state index in [1.165, 1.54) is 0 Å². The Labute approximate surface area is 103 Å². The van der Waals surface area contributed by atoms with E-state index in [-0.39, 0.29) is 18.1 Å². The first-order valence-corrected chi connectivity index (χ1v) is 5.96. The molecule has 1 heterocycles. The van der Waals surface area contributed by atoms with Gasteiger partial charge in [0, 0.05) is 25.0 Å². The Morgan fingerprint density at radius 1 is 1.29 bits per heavy atom. The maximum atomic E-state index is 11.8. The predicted octanol–water partition coefficient (Wildman–Crippen LogP) is 0.952. The highest BCUT2D eigenvalue weighted by atomic mass is 16.6. The number of aliphatic hydroxyl groups is 1. The van der Waals surface area contributed by atoms with Crippen LogP contribution in [0.4, 0.5) is 4.79 Å². The molecule has 1 aliphatic heterocycles. The zero-order valence-electron chi connectivity index (χ0n) is 11.4. The van der Waals surface area contributed by atoms with Gasteiger partial charge in [-0.25, -0.2) is 4.79 Å². The molecule has 1 aliphatic rings. The van der Waals surface area contributed by atoms with Crippen LogP contribution in [-0.2, 0) is 4.74 Å². The van der Waals surface area contributed by atoms with E-state index in [2.05, 4.69) is 0 Å². The van der Waals surface area contributed by atoms with Crippen molar-refractivity contribution in [3.8, 4) is 0 Å².